The van der Waals surface area contributed by atoms with Crippen molar-refractivity contribution >= 4 is 12.0 Å². The largest absolute Gasteiger partial charge is 0.496 e. The maximum atomic E-state index is 11.9. The van der Waals surface area contributed by atoms with E-state index in [0.717, 1.165) is 11.3 Å². The fourth-order valence-electron chi connectivity index (χ4n) is 2.21. The van der Waals surface area contributed by atoms with Crippen molar-refractivity contribution in [3.8, 4) is 11.4 Å². The van der Waals surface area contributed by atoms with E-state index in [0.29, 0.717) is 11.6 Å². The minimum Gasteiger partial charge on any atom is -0.496 e. The van der Waals surface area contributed by atoms with Crippen LogP contribution in [0.15, 0.2) is 60.7 Å². The number of nitrogens with zero attached hydrogens (tertiary/aromatic N) is 4. The van der Waals surface area contributed by atoms with Crippen LogP contribution in [0.1, 0.15) is 11.4 Å². The number of rotatable bonds is 6. The van der Waals surface area contributed by atoms with E-state index in [1.165, 1.54) is 10.8 Å². The predicted molar refractivity (Wildman–Crippen MR) is 91.0 cm³/mol. The van der Waals surface area contributed by atoms with Crippen molar-refractivity contribution in [3.63, 3.8) is 0 Å². The summed E-state index contributed by atoms with van der Waals surface area (Å²) in [5.74, 6) is 0.623. The molecule has 3 rings (SSSR count). The Kier molecular flexibility index (Phi) is 5.16. The van der Waals surface area contributed by atoms with E-state index in [-0.39, 0.29) is 6.61 Å². The average molecular weight is 336 g/mol. The topological polar surface area (TPSA) is 79.1 Å². The summed E-state index contributed by atoms with van der Waals surface area (Å²) >= 11 is 0. The first-order chi connectivity index (χ1) is 12.3. The average Bonchev–Trinajstić information content (AvgIpc) is 3.14. The summed E-state index contributed by atoms with van der Waals surface area (Å²) in [6.45, 7) is -0.0308. The van der Waals surface area contributed by atoms with Gasteiger partial charge in [0.1, 0.15) is 5.75 Å². The molecule has 1 aromatic heterocycles. The van der Waals surface area contributed by atoms with Gasteiger partial charge in [-0.25, -0.2) is 4.79 Å². The van der Waals surface area contributed by atoms with Gasteiger partial charge in [0.2, 0.25) is 0 Å². The van der Waals surface area contributed by atoms with Crippen LogP contribution in [-0.4, -0.2) is 33.3 Å². The van der Waals surface area contributed by atoms with Crippen LogP contribution in [-0.2, 0) is 16.1 Å². The number of aromatic nitrogens is 4. The standard InChI is InChI=1S/C18H16N4O3/c1-24-16-10-6-5-7-14(16)11-12-18(23)25-13-17-19-20-21-22(17)15-8-3-2-4-9-15/h2-12H,13H2,1H3/b12-11+. The number of hydrogen-bond acceptors (Lipinski definition) is 6. The number of methoxy groups -OCH3 is 1. The molecule has 0 N–H and O–H groups in total. The first-order valence-corrected chi connectivity index (χ1v) is 7.58. The van der Waals surface area contributed by atoms with Crippen molar-refractivity contribution in [3.05, 3.63) is 72.1 Å². The second-order valence-electron chi connectivity index (χ2n) is 5.03. The van der Waals surface area contributed by atoms with E-state index in [4.69, 9.17) is 9.47 Å². The monoisotopic (exact) mass is 336 g/mol. The molecule has 126 valence electrons. The van der Waals surface area contributed by atoms with Crippen molar-refractivity contribution in [2.24, 2.45) is 0 Å². The molecule has 0 amide bonds. The van der Waals surface area contributed by atoms with E-state index in [9.17, 15) is 4.79 Å². The van der Waals surface area contributed by atoms with Gasteiger partial charge in [0.15, 0.2) is 12.4 Å². The number of para-hydroxylation sites is 2. The van der Waals surface area contributed by atoms with Crippen LogP contribution in [0.2, 0.25) is 0 Å². The maximum Gasteiger partial charge on any atom is 0.331 e. The Labute approximate surface area is 144 Å². The van der Waals surface area contributed by atoms with Crippen LogP contribution >= 0.6 is 0 Å². The van der Waals surface area contributed by atoms with E-state index in [1.807, 2.05) is 54.6 Å². The van der Waals surface area contributed by atoms with Gasteiger partial charge in [0.25, 0.3) is 0 Å². The van der Waals surface area contributed by atoms with Crippen LogP contribution in [0.25, 0.3) is 11.8 Å². The minimum atomic E-state index is -0.492. The molecule has 0 atom stereocenters. The third-order valence-corrected chi connectivity index (χ3v) is 3.42. The summed E-state index contributed by atoms with van der Waals surface area (Å²) in [4.78, 5) is 11.9. The molecule has 0 aliphatic rings. The molecule has 0 bridgehead atoms. The molecule has 0 saturated heterocycles. The van der Waals surface area contributed by atoms with Crippen LogP contribution in [0, 0.1) is 0 Å². The molecule has 0 radical (unpaired) electrons. The molecule has 0 spiro atoms. The number of carbonyl (C=O) groups is 1. The molecule has 0 saturated carbocycles. The Morgan fingerprint density at radius 1 is 1.12 bits per heavy atom. The Morgan fingerprint density at radius 3 is 2.68 bits per heavy atom. The molecule has 0 aliphatic carbocycles. The van der Waals surface area contributed by atoms with E-state index >= 15 is 0 Å². The Hall–Kier alpha value is -3.48. The normalized spacial score (nSPS) is 10.8. The quantitative estimate of drug-likeness (QED) is 0.508. The summed E-state index contributed by atoms with van der Waals surface area (Å²) in [7, 11) is 1.58. The first kappa shape index (κ1) is 16.4. The Morgan fingerprint density at radius 2 is 1.88 bits per heavy atom. The van der Waals surface area contributed by atoms with Crippen LogP contribution in [0.5, 0.6) is 5.75 Å². The van der Waals surface area contributed by atoms with Crippen LogP contribution in [0.3, 0.4) is 0 Å². The smallest absolute Gasteiger partial charge is 0.331 e. The number of carbonyl (C=O) groups excluding carboxylic acids is 1. The predicted octanol–water partition coefficient (Wildman–Crippen LogP) is 2.43. The number of esters is 1. The molecule has 0 unspecified atom stereocenters. The molecule has 0 aliphatic heterocycles. The highest BCUT2D eigenvalue weighted by atomic mass is 16.5. The van der Waals surface area contributed by atoms with Crippen molar-refractivity contribution in [2.75, 3.05) is 7.11 Å². The zero-order chi connectivity index (χ0) is 17.5. The highest BCUT2D eigenvalue weighted by molar-refractivity contribution is 5.87. The fraction of sp³-hybridized carbons (Fsp3) is 0.111. The summed E-state index contributed by atoms with van der Waals surface area (Å²) in [5, 5.41) is 11.4. The van der Waals surface area contributed by atoms with Crippen molar-refractivity contribution < 1.29 is 14.3 Å². The van der Waals surface area contributed by atoms with Gasteiger partial charge in [-0.1, -0.05) is 36.4 Å². The summed E-state index contributed by atoms with van der Waals surface area (Å²) < 4.78 is 12.0. The highest BCUT2D eigenvalue weighted by Gasteiger charge is 2.10. The number of hydrogen-bond donors (Lipinski definition) is 0. The van der Waals surface area contributed by atoms with Crippen LogP contribution < -0.4 is 4.74 Å². The molecule has 0 fully saturated rings. The Bertz CT molecular complexity index is 875. The Balaban J connectivity index is 1.64. The van der Waals surface area contributed by atoms with Gasteiger partial charge in [0.05, 0.1) is 12.8 Å². The van der Waals surface area contributed by atoms with Gasteiger partial charge in [-0.15, -0.1) is 5.10 Å². The molecule has 3 aromatic rings. The fourth-order valence-corrected chi connectivity index (χ4v) is 2.21. The third kappa shape index (κ3) is 4.08. The number of ether oxygens (including phenoxy) is 2. The SMILES string of the molecule is COc1ccccc1/C=C/C(=O)OCc1nnnn1-c1ccccc1. The lowest BCUT2D eigenvalue weighted by molar-refractivity contribution is -0.139. The lowest BCUT2D eigenvalue weighted by Crippen LogP contribution is -2.08. The zero-order valence-electron chi connectivity index (χ0n) is 13.6. The molecular formula is C18H16N4O3. The highest BCUT2D eigenvalue weighted by Crippen LogP contribution is 2.18. The van der Waals surface area contributed by atoms with Crippen molar-refractivity contribution in [1.29, 1.82) is 0 Å². The van der Waals surface area contributed by atoms with Crippen molar-refractivity contribution in [1.82, 2.24) is 20.2 Å². The zero-order valence-corrected chi connectivity index (χ0v) is 13.6. The maximum absolute atomic E-state index is 11.9. The lowest BCUT2D eigenvalue weighted by Gasteiger charge is -2.05. The number of benzene rings is 2. The molecule has 7 heteroatoms. The second-order valence-corrected chi connectivity index (χ2v) is 5.03. The molecular weight excluding hydrogens is 320 g/mol. The van der Waals surface area contributed by atoms with E-state index in [2.05, 4.69) is 15.5 Å². The third-order valence-electron chi connectivity index (χ3n) is 3.42. The molecule has 1 heterocycles. The van der Waals surface area contributed by atoms with Gasteiger partial charge in [-0.05, 0) is 34.7 Å². The lowest BCUT2D eigenvalue weighted by atomic mass is 10.2. The minimum absolute atomic E-state index is 0.0308. The molecule has 2 aromatic carbocycles. The van der Waals surface area contributed by atoms with Gasteiger partial charge in [-0.2, -0.15) is 4.68 Å². The van der Waals surface area contributed by atoms with Gasteiger partial charge < -0.3 is 9.47 Å². The summed E-state index contributed by atoms with van der Waals surface area (Å²) in [6.07, 6.45) is 2.98. The van der Waals surface area contributed by atoms with Gasteiger partial charge in [0, 0.05) is 11.6 Å². The summed E-state index contributed by atoms with van der Waals surface area (Å²) in [5.41, 5.74) is 1.58. The van der Waals surface area contributed by atoms with Crippen molar-refractivity contribution in [2.45, 2.75) is 6.61 Å². The second kappa shape index (κ2) is 7.87. The number of tetrazole rings is 1. The molecule has 7 nitrogen and oxygen atoms in total. The molecule has 25 heavy (non-hydrogen) atoms. The van der Waals surface area contributed by atoms with Gasteiger partial charge >= 0.3 is 5.97 Å². The van der Waals surface area contributed by atoms with Crippen LogP contribution in [0.4, 0.5) is 0 Å². The van der Waals surface area contributed by atoms with E-state index < -0.39 is 5.97 Å². The van der Waals surface area contributed by atoms with E-state index in [1.54, 1.807) is 13.2 Å². The summed E-state index contributed by atoms with van der Waals surface area (Å²) in [6, 6.07) is 16.8. The first-order valence-electron chi connectivity index (χ1n) is 7.58. The van der Waals surface area contributed by atoms with Gasteiger partial charge in [-0.3, -0.25) is 0 Å².